The van der Waals surface area contributed by atoms with E-state index in [1.807, 2.05) is 55.5 Å². The molecule has 1 aliphatic heterocycles. The van der Waals surface area contributed by atoms with Crippen molar-refractivity contribution in [1.29, 1.82) is 0 Å². The minimum absolute atomic E-state index is 0.00258. The van der Waals surface area contributed by atoms with Gasteiger partial charge in [0.25, 0.3) is 5.91 Å². The number of nitrogens with one attached hydrogen (secondary N) is 2. The summed E-state index contributed by atoms with van der Waals surface area (Å²) < 4.78 is 5.10. The first-order valence-corrected chi connectivity index (χ1v) is 11.9. The summed E-state index contributed by atoms with van der Waals surface area (Å²) in [4.78, 5) is 12.5. The van der Waals surface area contributed by atoms with E-state index in [1.54, 1.807) is 19.2 Å². The van der Waals surface area contributed by atoms with Crippen LogP contribution in [-0.2, 0) is 11.2 Å². The molecular formula is C26H33ClN4O3. The molecule has 2 aromatic rings. The molecule has 34 heavy (non-hydrogen) atoms. The Morgan fingerprint density at radius 2 is 1.88 bits per heavy atom. The van der Waals surface area contributed by atoms with Gasteiger partial charge < -0.3 is 20.5 Å². The van der Waals surface area contributed by atoms with Crippen molar-refractivity contribution in [2.75, 3.05) is 26.8 Å². The smallest absolute Gasteiger partial charge is 0.251 e. The molecule has 182 valence electrons. The van der Waals surface area contributed by atoms with Gasteiger partial charge in [-0.15, -0.1) is 0 Å². The Morgan fingerprint density at radius 1 is 1.18 bits per heavy atom. The minimum Gasteiger partial charge on any atom is -0.386 e. The monoisotopic (exact) mass is 484 g/mol. The van der Waals surface area contributed by atoms with E-state index in [0.717, 1.165) is 24.0 Å². The highest BCUT2D eigenvalue weighted by Gasteiger charge is 2.22. The molecule has 2 aromatic carbocycles. The number of hydrogen-bond acceptors (Lipinski definition) is 6. The molecule has 3 rings (SSSR count). The van der Waals surface area contributed by atoms with Crippen molar-refractivity contribution in [1.82, 2.24) is 10.6 Å². The van der Waals surface area contributed by atoms with Gasteiger partial charge in [-0.1, -0.05) is 48.0 Å². The van der Waals surface area contributed by atoms with Crippen LogP contribution < -0.4 is 10.6 Å². The molecular weight excluding hydrogens is 452 g/mol. The average molecular weight is 485 g/mol. The molecule has 0 aliphatic carbocycles. The Morgan fingerprint density at radius 3 is 2.56 bits per heavy atom. The van der Waals surface area contributed by atoms with Crippen LogP contribution >= 0.6 is 11.6 Å². The molecule has 0 saturated carbocycles. The summed E-state index contributed by atoms with van der Waals surface area (Å²) >= 11 is 5.95. The molecule has 0 aromatic heterocycles. The first-order chi connectivity index (χ1) is 16.5. The number of benzene rings is 2. The van der Waals surface area contributed by atoms with Crippen molar-refractivity contribution in [3.63, 3.8) is 0 Å². The lowest BCUT2D eigenvalue weighted by Gasteiger charge is -2.22. The maximum absolute atomic E-state index is 12.5. The summed E-state index contributed by atoms with van der Waals surface area (Å²) in [5, 5.41) is 26.1. The van der Waals surface area contributed by atoms with Gasteiger partial charge in [0, 0.05) is 24.2 Å². The zero-order valence-electron chi connectivity index (χ0n) is 19.7. The van der Waals surface area contributed by atoms with Gasteiger partial charge in [-0.25, -0.2) is 0 Å². The molecule has 0 radical (unpaired) electrons. The van der Waals surface area contributed by atoms with Crippen LogP contribution in [0.1, 0.15) is 40.9 Å². The highest BCUT2D eigenvalue weighted by Crippen LogP contribution is 2.20. The first kappa shape index (κ1) is 26.0. The third-order valence-corrected chi connectivity index (χ3v) is 6.01. The fourth-order valence-corrected chi connectivity index (χ4v) is 4.02. The van der Waals surface area contributed by atoms with E-state index in [2.05, 4.69) is 20.9 Å². The second kappa shape index (κ2) is 13.3. The number of ether oxygens (including phenoxy) is 1. The lowest BCUT2D eigenvalue weighted by atomic mass is 10.0. The van der Waals surface area contributed by atoms with Crippen molar-refractivity contribution in [2.45, 2.75) is 44.0 Å². The fraction of sp³-hybridized carbons (Fsp3) is 0.423. The Kier molecular flexibility index (Phi) is 10.2. The van der Waals surface area contributed by atoms with Crippen molar-refractivity contribution in [3.8, 4) is 0 Å². The molecule has 4 unspecified atom stereocenters. The third kappa shape index (κ3) is 7.74. The zero-order chi connectivity index (χ0) is 24.3. The van der Waals surface area contributed by atoms with Crippen LogP contribution in [0.25, 0.3) is 0 Å². The third-order valence-electron chi connectivity index (χ3n) is 5.76. The van der Waals surface area contributed by atoms with Crippen LogP contribution in [0.5, 0.6) is 0 Å². The Balaban J connectivity index is 1.45. The van der Waals surface area contributed by atoms with Crippen LogP contribution in [0, 0.1) is 0 Å². The van der Waals surface area contributed by atoms with Gasteiger partial charge in [0.2, 0.25) is 0 Å². The number of carbonyl (C=O) groups is 1. The largest absolute Gasteiger partial charge is 0.386 e. The van der Waals surface area contributed by atoms with Gasteiger partial charge in [0.05, 0.1) is 30.8 Å². The quantitative estimate of drug-likeness (QED) is 0.395. The van der Waals surface area contributed by atoms with E-state index in [-0.39, 0.29) is 24.0 Å². The number of halogens is 1. The summed E-state index contributed by atoms with van der Waals surface area (Å²) in [6.07, 6.45) is 4.76. The molecule has 4 atom stereocenters. The van der Waals surface area contributed by atoms with E-state index < -0.39 is 6.10 Å². The summed E-state index contributed by atoms with van der Waals surface area (Å²) in [6, 6.07) is 14.7. The van der Waals surface area contributed by atoms with Gasteiger partial charge in [-0.05, 0) is 61.7 Å². The summed E-state index contributed by atoms with van der Waals surface area (Å²) in [7, 11) is 1.65. The van der Waals surface area contributed by atoms with Gasteiger partial charge in [0.15, 0.2) is 0 Å². The predicted molar refractivity (Wildman–Crippen MR) is 134 cm³/mol. The van der Waals surface area contributed by atoms with E-state index in [0.29, 0.717) is 30.3 Å². The fourth-order valence-electron chi connectivity index (χ4n) is 3.89. The second-order valence-electron chi connectivity index (χ2n) is 8.39. The number of carbonyl (C=O) groups excluding carboxylic acids is 1. The van der Waals surface area contributed by atoms with E-state index in [9.17, 15) is 9.90 Å². The molecule has 1 aliphatic rings. The van der Waals surface area contributed by atoms with Crippen LogP contribution in [-0.4, -0.2) is 55.9 Å². The molecule has 1 heterocycles. The van der Waals surface area contributed by atoms with Gasteiger partial charge in [-0.2, -0.15) is 10.2 Å². The Hall–Kier alpha value is -2.58. The summed E-state index contributed by atoms with van der Waals surface area (Å²) in [6.45, 7) is 3.64. The molecule has 8 heteroatoms. The van der Waals surface area contributed by atoms with Crippen molar-refractivity contribution in [2.24, 2.45) is 10.2 Å². The van der Waals surface area contributed by atoms with Gasteiger partial charge in [-0.3, -0.25) is 4.79 Å². The highest BCUT2D eigenvalue weighted by molar-refractivity contribution is 6.30. The number of rotatable bonds is 12. The van der Waals surface area contributed by atoms with E-state index >= 15 is 0 Å². The second-order valence-corrected chi connectivity index (χ2v) is 8.83. The maximum Gasteiger partial charge on any atom is 0.251 e. The Labute approximate surface area is 206 Å². The molecule has 7 nitrogen and oxygen atoms in total. The van der Waals surface area contributed by atoms with Gasteiger partial charge in [0.1, 0.15) is 0 Å². The van der Waals surface area contributed by atoms with Crippen LogP contribution in [0.2, 0.25) is 5.02 Å². The molecule has 0 fully saturated rings. The SMILES string of the molecule is CC=CC(NCCc1ccc(C(=O)NCC2CC(COC)N=N2)cc1)C(O)c1ccc(Cl)cc1. The van der Waals surface area contributed by atoms with Crippen molar-refractivity contribution >= 4 is 17.5 Å². The number of hydrogen-bond donors (Lipinski definition) is 3. The summed E-state index contributed by atoms with van der Waals surface area (Å²) in [5.41, 5.74) is 2.53. The van der Waals surface area contributed by atoms with E-state index in [1.165, 1.54) is 0 Å². The lowest BCUT2D eigenvalue weighted by molar-refractivity contribution is 0.0951. The number of methoxy groups -OCH3 is 1. The molecule has 0 spiro atoms. The number of aliphatic hydroxyl groups is 1. The first-order valence-electron chi connectivity index (χ1n) is 11.6. The maximum atomic E-state index is 12.5. The van der Waals surface area contributed by atoms with Crippen molar-refractivity contribution < 1.29 is 14.6 Å². The number of nitrogens with zero attached hydrogens (tertiary/aromatic N) is 2. The molecule has 0 saturated heterocycles. The molecule has 0 bridgehead atoms. The molecule has 3 N–H and O–H groups in total. The topological polar surface area (TPSA) is 95.3 Å². The normalized spacial score (nSPS) is 19.4. The number of allylic oxidation sites excluding steroid dienone is 1. The average Bonchev–Trinajstić information content (AvgIpc) is 3.30. The van der Waals surface area contributed by atoms with Crippen molar-refractivity contribution in [3.05, 3.63) is 82.4 Å². The number of azo groups is 1. The van der Waals surface area contributed by atoms with Crippen LogP contribution in [0.15, 0.2) is 70.9 Å². The Bertz CT molecular complexity index is 963. The van der Waals surface area contributed by atoms with Crippen LogP contribution in [0.4, 0.5) is 0 Å². The molecule has 1 amide bonds. The number of aliphatic hydroxyl groups excluding tert-OH is 1. The van der Waals surface area contributed by atoms with Gasteiger partial charge >= 0.3 is 0 Å². The highest BCUT2D eigenvalue weighted by atomic mass is 35.5. The number of amides is 1. The van der Waals surface area contributed by atoms with E-state index in [4.69, 9.17) is 16.3 Å². The summed E-state index contributed by atoms with van der Waals surface area (Å²) in [5.74, 6) is -0.116. The predicted octanol–water partition coefficient (Wildman–Crippen LogP) is 4.12. The lowest BCUT2D eigenvalue weighted by Crippen LogP contribution is -2.34. The van der Waals surface area contributed by atoms with Crippen LogP contribution in [0.3, 0.4) is 0 Å². The zero-order valence-corrected chi connectivity index (χ0v) is 20.4. The standard InChI is InChI=1S/C26H33ClN4O3/c1-3-4-24(25(32)19-9-11-21(27)12-10-19)28-14-13-18-5-7-20(8-6-18)26(33)29-16-22-15-23(17-34-2)31-30-22/h3-12,22-25,28,32H,13-17H2,1-2H3,(H,29,33). The minimum atomic E-state index is -0.677.